The molecule has 5 rings (SSSR count). The van der Waals surface area contributed by atoms with Gasteiger partial charge in [0.2, 0.25) is 5.79 Å². The van der Waals surface area contributed by atoms with Crippen molar-refractivity contribution >= 4 is 6.29 Å². The Labute approximate surface area is 181 Å². The summed E-state index contributed by atoms with van der Waals surface area (Å²) >= 11 is 0. The van der Waals surface area contributed by atoms with Gasteiger partial charge in [-0.2, -0.15) is 0 Å². The molecule has 0 radical (unpaired) electrons. The molecule has 4 fully saturated rings. The molecular formula is C25H40O5. The average Bonchev–Trinajstić information content (AvgIpc) is 2.65. The fourth-order valence-corrected chi connectivity index (χ4v) is 6.60. The molecule has 5 unspecified atom stereocenters. The minimum atomic E-state index is -1.29. The molecule has 1 aliphatic carbocycles. The van der Waals surface area contributed by atoms with Gasteiger partial charge < -0.3 is 19.3 Å². The van der Waals surface area contributed by atoms with Gasteiger partial charge in [-0.25, -0.2) is 0 Å². The summed E-state index contributed by atoms with van der Waals surface area (Å²) in [6, 6.07) is 0. The highest BCUT2D eigenvalue weighted by atomic mass is 16.8. The second kappa shape index (κ2) is 7.13. The van der Waals surface area contributed by atoms with Gasteiger partial charge in [-0.1, -0.05) is 19.4 Å². The van der Waals surface area contributed by atoms with Crippen LogP contribution in [0.4, 0.5) is 0 Å². The quantitative estimate of drug-likeness (QED) is 0.655. The van der Waals surface area contributed by atoms with Crippen molar-refractivity contribution in [3.05, 3.63) is 11.1 Å². The number of rotatable bonds is 4. The second-order valence-corrected chi connectivity index (χ2v) is 11.5. The van der Waals surface area contributed by atoms with Crippen LogP contribution in [0, 0.1) is 17.3 Å². The van der Waals surface area contributed by atoms with Crippen LogP contribution in [0.25, 0.3) is 0 Å². The summed E-state index contributed by atoms with van der Waals surface area (Å²) in [5, 5.41) is 11.1. The molecule has 170 valence electrons. The first-order valence-electron chi connectivity index (χ1n) is 11.8. The highest BCUT2D eigenvalue weighted by Crippen LogP contribution is 2.59. The largest absolute Gasteiger partial charge is 0.363 e. The molecule has 0 saturated carbocycles. The van der Waals surface area contributed by atoms with Gasteiger partial charge in [0.15, 0.2) is 5.79 Å². The monoisotopic (exact) mass is 420 g/mol. The molecule has 4 aliphatic heterocycles. The van der Waals surface area contributed by atoms with Crippen molar-refractivity contribution in [1.29, 1.82) is 0 Å². The maximum absolute atomic E-state index is 11.6. The fourth-order valence-electron chi connectivity index (χ4n) is 6.60. The Morgan fingerprint density at radius 1 is 1.03 bits per heavy atom. The maximum Gasteiger partial charge on any atom is 0.200 e. The first kappa shape index (κ1) is 22.4. The van der Waals surface area contributed by atoms with Crippen molar-refractivity contribution in [2.75, 3.05) is 6.61 Å². The second-order valence-electron chi connectivity index (χ2n) is 11.5. The SMILES string of the molecule is CC1=C(C=O)C(C)(C)C(CCC2CCC3(OC2)OC2(O)CCC3(C)OC2(C)C)CC1. The van der Waals surface area contributed by atoms with E-state index in [1.807, 2.05) is 13.8 Å². The van der Waals surface area contributed by atoms with Crippen LogP contribution in [0.3, 0.4) is 0 Å². The molecule has 2 bridgehead atoms. The van der Waals surface area contributed by atoms with E-state index in [0.29, 0.717) is 24.9 Å². The number of hydrogen-bond donors (Lipinski definition) is 1. The number of aliphatic hydroxyl groups is 1. The first-order valence-corrected chi connectivity index (χ1v) is 11.8. The molecule has 4 heterocycles. The van der Waals surface area contributed by atoms with E-state index >= 15 is 0 Å². The Balaban J connectivity index is 1.38. The average molecular weight is 421 g/mol. The molecule has 4 saturated heterocycles. The predicted octanol–water partition coefficient (Wildman–Crippen LogP) is 4.91. The molecule has 0 aromatic heterocycles. The standard InChI is InChI=1S/C25H40O5/c1-17-7-9-19(21(2,3)20(17)15-26)10-8-18-11-12-25(28-16-18)23(6)13-14-24(27,30-25)22(4,5)29-23/h15,18-19,27H,7-14,16H2,1-6H3. The van der Waals surface area contributed by atoms with Crippen LogP contribution < -0.4 is 0 Å². The maximum atomic E-state index is 11.6. The van der Waals surface area contributed by atoms with Gasteiger partial charge in [-0.15, -0.1) is 0 Å². The molecule has 0 aromatic carbocycles. The normalized spacial score (nSPS) is 45.0. The minimum absolute atomic E-state index is 0.0529. The molecular weight excluding hydrogens is 380 g/mol. The first-order chi connectivity index (χ1) is 13.9. The van der Waals surface area contributed by atoms with Gasteiger partial charge >= 0.3 is 0 Å². The Morgan fingerprint density at radius 3 is 2.37 bits per heavy atom. The van der Waals surface area contributed by atoms with E-state index in [-0.39, 0.29) is 5.41 Å². The Morgan fingerprint density at radius 2 is 1.77 bits per heavy atom. The highest BCUT2D eigenvalue weighted by Gasteiger charge is 2.71. The highest BCUT2D eigenvalue weighted by molar-refractivity contribution is 5.77. The van der Waals surface area contributed by atoms with E-state index in [9.17, 15) is 9.90 Å². The van der Waals surface area contributed by atoms with Crippen LogP contribution in [-0.2, 0) is 19.0 Å². The van der Waals surface area contributed by atoms with Crippen molar-refractivity contribution in [3.63, 3.8) is 0 Å². The molecule has 1 N–H and O–H groups in total. The molecule has 30 heavy (non-hydrogen) atoms. The molecule has 0 amide bonds. The third-order valence-corrected chi connectivity index (χ3v) is 9.02. The number of aldehydes is 1. The fraction of sp³-hybridized carbons (Fsp3) is 0.880. The summed E-state index contributed by atoms with van der Waals surface area (Å²) < 4.78 is 19.1. The lowest BCUT2D eigenvalue weighted by Crippen LogP contribution is -2.78. The molecule has 5 atom stereocenters. The Bertz CT molecular complexity index is 730. The van der Waals surface area contributed by atoms with Crippen LogP contribution in [0.2, 0.25) is 0 Å². The van der Waals surface area contributed by atoms with Crippen molar-refractivity contribution in [2.24, 2.45) is 17.3 Å². The van der Waals surface area contributed by atoms with Gasteiger partial charge in [0.05, 0.1) is 6.61 Å². The summed E-state index contributed by atoms with van der Waals surface area (Å²) in [6.07, 6.45) is 8.57. The van der Waals surface area contributed by atoms with Gasteiger partial charge in [0.25, 0.3) is 0 Å². The van der Waals surface area contributed by atoms with Crippen LogP contribution in [-0.4, -0.2) is 40.8 Å². The van der Waals surface area contributed by atoms with Gasteiger partial charge in [-0.3, -0.25) is 4.79 Å². The van der Waals surface area contributed by atoms with E-state index in [1.165, 1.54) is 5.57 Å². The topological polar surface area (TPSA) is 65.0 Å². The van der Waals surface area contributed by atoms with Crippen LogP contribution in [0.5, 0.6) is 0 Å². The molecule has 0 aromatic rings. The van der Waals surface area contributed by atoms with Crippen LogP contribution in [0.15, 0.2) is 11.1 Å². The van der Waals surface area contributed by atoms with E-state index in [1.54, 1.807) is 0 Å². The van der Waals surface area contributed by atoms with Gasteiger partial charge in [0, 0.05) is 12.8 Å². The lowest BCUT2D eigenvalue weighted by Gasteiger charge is -2.66. The lowest BCUT2D eigenvalue weighted by molar-refractivity contribution is -0.522. The summed E-state index contributed by atoms with van der Waals surface area (Å²) in [7, 11) is 0. The lowest BCUT2D eigenvalue weighted by atomic mass is 9.64. The van der Waals surface area contributed by atoms with Gasteiger partial charge in [-0.05, 0) is 89.0 Å². The number of ether oxygens (including phenoxy) is 3. The third kappa shape index (κ3) is 3.23. The summed E-state index contributed by atoms with van der Waals surface area (Å²) in [5.74, 6) is -1.13. The number of allylic oxidation sites excluding steroid dienone is 2. The molecule has 5 nitrogen and oxygen atoms in total. The van der Waals surface area contributed by atoms with Crippen molar-refractivity contribution in [2.45, 2.75) is 116 Å². The summed E-state index contributed by atoms with van der Waals surface area (Å²) in [6.45, 7) is 13.1. The Kier molecular flexibility index (Phi) is 5.33. The molecule has 5 aliphatic rings. The third-order valence-electron chi connectivity index (χ3n) is 9.02. The molecule has 5 heteroatoms. The van der Waals surface area contributed by atoms with Crippen molar-refractivity contribution < 1.29 is 24.1 Å². The summed E-state index contributed by atoms with van der Waals surface area (Å²) in [5.41, 5.74) is 0.944. The summed E-state index contributed by atoms with van der Waals surface area (Å²) in [4.78, 5) is 11.6. The zero-order valence-corrected chi connectivity index (χ0v) is 19.7. The number of hydrogen-bond acceptors (Lipinski definition) is 5. The van der Waals surface area contributed by atoms with Gasteiger partial charge in [0.1, 0.15) is 17.5 Å². The number of fused-ring (bicyclic) bond motifs is 2. The van der Waals surface area contributed by atoms with Crippen molar-refractivity contribution in [1.82, 2.24) is 0 Å². The minimum Gasteiger partial charge on any atom is -0.363 e. The molecule has 1 spiro atoms. The van der Waals surface area contributed by atoms with E-state index in [2.05, 4.69) is 27.7 Å². The Hall–Kier alpha value is -0.750. The van der Waals surface area contributed by atoms with Crippen molar-refractivity contribution in [3.8, 4) is 0 Å². The van der Waals surface area contributed by atoms with Crippen LogP contribution in [0.1, 0.15) is 92.9 Å². The zero-order chi connectivity index (χ0) is 22.0. The smallest absolute Gasteiger partial charge is 0.200 e. The van der Waals surface area contributed by atoms with E-state index < -0.39 is 22.8 Å². The zero-order valence-electron chi connectivity index (χ0n) is 19.7. The predicted molar refractivity (Wildman–Crippen MR) is 115 cm³/mol. The number of carbonyl (C=O) groups is 1. The number of carbonyl (C=O) groups excluding carboxylic acids is 1. The van der Waals surface area contributed by atoms with Crippen LogP contribution >= 0.6 is 0 Å². The van der Waals surface area contributed by atoms with E-state index in [4.69, 9.17) is 14.2 Å². The van der Waals surface area contributed by atoms with E-state index in [0.717, 1.165) is 56.8 Å².